The van der Waals surface area contributed by atoms with Crippen molar-refractivity contribution in [3.8, 4) is 0 Å². The summed E-state index contributed by atoms with van der Waals surface area (Å²) in [5.74, 6) is 0. The second-order valence-electron chi connectivity index (χ2n) is 5.32. The van der Waals surface area contributed by atoms with Crippen molar-refractivity contribution in [1.29, 1.82) is 0 Å². The maximum Gasteiger partial charge on any atom is 0.0718 e. The molecule has 0 bridgehead atoms. The second-order valence-corrected chi connectivity index (χ2v) is 5.32. The monoisotopic (exact) mass is 330 g/mol. The fraction of sp³-hybridized carbons (Fsp3) is 0.400. The normalized spacial score (nSPS) is 11.0. The molecule has 0 radical (unpaired) electrons. The molecule has 0 saturated heterocycles. The summed E-state index contributed by atoms with van der Waals surface area (Å²) in [5.41, 5.74) is 1.18. The summed E-state index contributed by atoms with van der Waals surface area (Å²) in [7, 11) is 0. The van der Waals surface area contributed by atoms with Crippen molar-refractivity contribution in [2.45, 2.75) is 6.61 Å². The molecule has 0 aliphatic rings. The molecule has 130 valence electrons. The van der Waals surface area contributed by atoms with Gasteiger partial charge in [0.1, 0.15) is 0 Å². The lowest BCUT2D eigenvalue weighted by atomic mass is 10.1. The van der Waals surface area contributed by atoms with Gasteiger partial charge in [0.15, 0.2) is 0 Å². The third-order valence-electron chi connectivity index (χ3n) is 3.43. The van der Waals surface area contributed by atoms with Crippen molar-refractivity contribution in [1.82, 2.24) is 0 Å². The number of fused-ring (bicyclic) bond motifs is 1. The first-order valence-corrected chi connectivity index (χ1v) is 8.29. The van der Waals surface area contributed by atoms with E-state index in [0.717, 1.165) is 0 Å². The highest BCUT2D eigenvalue weighted by Gasteiger charge is 1.97. The molecule has 4 nitrogen and oxygen atoms in total. The second kappa shape index (κ2) is 11.8. The Hall–Kier alpha value is -1.72. The topological polar surface area (TPSA) is 36.9 Å². The number of ether oxygens (including phenoxy) is 4. The van der Waals surface area contributed by atoms with Crippen LogP contribution in [0.15, 0.2) is 55.1 Å². The number of rotatable bonds is 13. The number of hydrogen-bond acceptors (Lipinski definition) is 4. The minimum absolute atomic E-state index is 0.564. The Morgan fingerprint density at radius 1 is 0.708 bits per heavy atom. The summed E-state index contributed by atoms with van der Waals surface area (Å²) in [6, 6.07) is 14.7. The van der Waals surface area contributed by atoms with Crippen LogP contribution in [0.2, 0.25) is 0 Å². The maximum absolute atomic E-state index is 5.65. The van der Waals surface area contributed by atoms with Crippen molar-refractivity contribution in [2.24, 2.45) is 0 Å². The van der Waals surface area contributed by atoms with Crippen molar-refractivity contribution in [3.63, 3.8) is 0 Å². The van der Waals surface area contributed by atoms with Crippen LogP contribution in [0.1, 0.15) is 5.56 Å². The summed E-state index contributed by atoms with van der Waals surface area (Å²) >= 11 is 0. The van der Waals surface area contributed by atoms with Crippen LogP contribution in [0.3, 0.4) is 0 Å². The predicted octanol–water partition coefficient (Wildman–Crippen LogP) is 3.59. The zero-order valence-electron chi connectivity index (χ0n) is 14.1. The smallest absolute Gasteiger partial charge is 0.0718 e. The summed E-state index contributed by atoms with van der Waals surface area (Å²) < 4.78 is 21.7. The molecule has 2 rings (SSSR count). The van der Waals surface area contributed by atoms with Gasteiger partial charge in [-0.1, -0.05) is 42.5 Å². The van der Waals surface area contributed by atoms with Gasteiger partial charge in [-0.15, -0.1) is 6.58 Å². The Morgan fingerprint density at radius 3 is 2.04 bits per heavy atom. The molecular formula is C20H26O4. The van der Waals surface area contributed by atoms with Crippen LogP contribution in [0.5, 0.6) is 0 Å². The largest absolute Gasteiger partial charge is 0.377 e. The van der Waals surface area contributed by atoms with Crippen molar-refractivity contribution in [3.05, 3.63) is 60.7 Å². The van der Waals surface area contributed by atoms with E-state index in [4.69, 9.17) is 18.9 Å². The van der Waals surface area contributed by atoms with E-state index in [-0.39, 0.29) is 0 Å². The first-order valence-electron chi connectivity index (χ1n) is 8.29. The average molecular weight is 330 g/mol. The lowest BCUT2D eigenvalue weighted by Gasteiger charge is -2.08. The molecule has 0 atom stereocenters. The van der Waals surface area contributed by atoms with Crippen molar-refractivity contribution in [2.75, 3.05) is 46.2 Å². The molecule has 0 aliphatic heterocycles. The SMILES string of the molecule is C=CCOCCOCCOCCOCc1ccc2ccccc2c1. The van der Waals surface area contributed by atoms with Crippen LogP contribution in [-0.4, -0.2) is 46.2 Å². The molecule has 4 heteroatoms. The molecule has 2 aromatic carbocycles. The van der Waals surface area contributed by atoms with Gasteiger partial charge in [0.25, 0.3) is 0 Å². The van der Waals surface area contributed by atoms with E-state index in [1.165, 1.54) is 16.3 Å². The number of hydrogen-bond donors (Lipinski definition) is 0. The zero-order valence-corrected chi connectivity index (χ0v) is 14.1. The van der Waals surface area contributed by atoms with E-state index >= 15 is 0 Å². The van der Waals surface area contributed by atoms with E-state index in [1.807, 2.05) is 6.07 Å². The Kier molecular flexibility index (Phi) is 9.12. The van der Waals surface area contributed by atoms with Gasteiger partial charge in [0.2, 0.25) is 0 Å². The van der Waals surface area contributed by atoms with Crippen LogP contribution < -0.4 is 0 Å². The Morgan fingerprint density at radius 2 is 1.33 bits per heavy atom. The third kappa shape index (κ3) is 7.23. The highest BCUT2D eigenvalue weighted by Crippen LogP contribution is 2.16. The third-order valence-corrected chi connectivity index (χ3v) is 3.43. The van der Waals surface area contributed by atoms with E-state index in [0.29, 0.717) is 52.9 Å². The first-order chi connectivity index (χ1) is 11.9. The standard InChI is InChI=1S/C20H26O4/c1-2-9-21-10-11-22-12-13-23-14-15-24-17-18-7-8-19-5-3-4-6-20(19)16-18/h2-8,16H,1,9-15,17H2. The molecule has 0 fully saturated rings. The highest BCUT2D eigenvalue weighted by atomic mass is 16.6. The Balaban J connectivity index is 1.47. The van der Waals surface area contributed by atoms with E-state index in [9.17, 15) is 0 Å². The minimum Gasteiger partial charge on any atom is -0.377 e. The quantitative estimate of drug-likeness (QED) is 0.415. The average Bonchev–Trinajstić information content (AvgIpc) is 2.62. The van der Waals surface area contributed by atoms with Crippen LogP contribution >= 0.6 is 0 Å². The van der Waals surface area contributed by atoms with E-state index in [1.54, 1.807) is 6.08 Å². The molecule has 0 aromatic heterocycles. The van der Waals surface area contributed by atoms with Crippen LogP contribution in [0.25, 0.3) is 10.8 Å². The molecule has 0 spiro atoms. The molecule has 0 amide bonds. The van der Waals surface area contributed by atoms with Crippen LogP contribution in [0, 0.1) is 0 Å². The zero-order chi connectivity index (χ0) is 16.9. The van der Waals surface area contributed by atoms with Crippen LogP contribution in [-0.2, 0) is 25.6 Å². The predicted molar refractivity (Wildman–Crippen MR) is 96.3 cm³/mol. The van der Waals surface area contributed by atoms with Gasteiger partial charge in [-0.2, -0.15) is 0 Å². The summed E-state index contributed by atoms with van der Waals surface area (Å²) in [6.07, 6.45) is 1.72. The minimum atomic E-state index is 0.564. The molecule has 0 aliphatic carbocycles. The molecule has 0 N–H and O–H groups in total. The molecule has 0 heterocycles. The first kappa shape index (κ1) is 18.6. The van der Waals surface area contributed by atoms with Gasteiger partial charge in [-0.3, -0.25) is 0 Å². The van der Waals surface area contributed by atoms with E-state index < -0.39 is 0 Å². The lowest BCUT2D eigenvalue weighted by Crippen LogP contribution is -2.11. The van der Waals surface area contributed by atoms with Gasteiger partial charge in [0.05, 0.1) is 52.9 Å². The number of benzene rings is 2. The molecule has 0 saturated carbocycles. The highest BCUT2D eigenvalue weighted by molar-refractivity contribution is 5.82. The molecule has 2 aromatic rings. The Bertz CT molecular complexity index is 597. The van der Waals surface area contributed by atoms with Crippen LogP contribution in [0.4, 0.5) is 0 Å². The van der Waals surface area contributed by atoms with E-state index in [2.05, 4.69) is 43.0 Å². The summed E-state index contributed by atoms with van der Waals surface area (Å²) in [4.78, 5) is 0. The maximum atomic E-state index is 5.65. The van der Waals surface area contributed by atoms with Gasteiger partial charge in [0, 0.05) is 0 Å². The molecular weight excluding hydrogens is 304 g/mol. The van der Waals surface area contributed by atoms with Crippen molar-refractivity contribution < 1.29 is 18.9 Å². The van der Waals surface area contributed by atoms with Gasteiger partial charge in [-0.25, -0.2) is 0 Å². The van der Waals surface area contributed by atoms with Gasteiger partial charge in [-0.05, 0) is 22.4 Å². The van der Waals surface area contributed by atoms with Crippen molar-refractivity contribution >= 4 is 10.8 Å². The summed E-state index contributed by atoms with van der Waals surface area (Å²) in [5, 5.41) is 2.49. The fourth-order valence-corrected chi connectivity index (χ4v) is 2.24. The lowest BCUT2D eigenvalue weighted by molar-refractivity contribution is -0.00161. The van der Waals surface area contributed by atoms with Gasteiger partial charge >= 0.3 is 0 Å². The fourth-order valence-electron chi connectivity index (χ4n) is 2.24. The summed E-state index contributed by atoms with van der Waals surface area (Å²) in [6.45, 7) is 8.20. The molecule has 24 heavy (non-hydrogen) atoms. The van der Waals surface area contributed by atoms with Gasteiger partial charge < -0.3 is 18.9 Å². The Labute approximate surface area is 144 Å². The molecule has 0 unspecified atom stereocenters.